The molecule has 1 amide bonds. The first-order valence-corrected chi connectivity index (χ1v) is 8.98. The van der Waals surface area contributed by atoms with Gasteiger partial charge in [0, 0.05) is 17.7 Å². The molecule has 1 unspecified atom stereocenters. The number of carbonyl (C=O) groups excluding carboxylic acids is 3. The number of amides is 1. The Morgan fingerprint density at radius 3 is 2.29 bits per heavy atom. The van der Waals surface area contributed by atoms with Crippen molar-refractivity contribution in [2.45, 2.75) is 31.6 Å². The van der Waals surface area contributed by atoms with Crippen LogP contribution in [-0.2, 0) is 14.3 Å². The average Bonchev–Trinajstić information content (AvgIpc) is 2.52. The third-order valence-corrected chi connectivity index (χ3v) is 5.73. The molecule has 24 heavy (non-hydrogen) atoms. The van der Waals surface area contributed by atoms with Crippen LogP contribution in [0.5, 0.6) is 5.75 Å². The van der Waals surface area contributed by atoms with Crippen molar-refractivity contribution in [2.75, 3.05) is 7.11 Å². The van der Waals surface area contributed by atoms with Crippen molar-refractivity contribution < 1.29 is 28.2 Å². The van der Waals surface area contributed by atoms with E-state index in [1.165, 1.54) is 38.3 Å². The maximum Gasteiger partial charge on any atom is 0.383 e. The van der Waals surface area contributed by atoms with Gasteiger partial charge in [-0.1, -0.05) is 10.8 Å². The Kier molecular flexibility index (Phi) is 7.56. The van der Waals surface area contributed by atoms with E-state index in [-0.39, 0.29) is 5.75 Å². The predicted octanol–water partition coefficient (Wildman–Crippen LogP) is 3.16. The molecule has 0 aliphatic rings. The van der Waals surface area contributed by atoms with Gasteiger partial charge >= 0.3 is 11.3 Å². The van der Waals surface area contributed by atoms with Crippen molar-refractivity contribution in [3.63, 3.8) is 0 Å². The molecule has 6 nitrogen and oxygen atoms in total. The summed E-state index contributed by atoms with van der Waals surface area (Å²) >= 11 is 0. The van der Waals surface area contributed by atoms with Crippen molar-refractivity contribution in [1.29, 1.82) is 0 Å². The van der Waals surface area contributed by atoms with Gasteiger partial charge in [0.2, 0.25) is 5.91 Å². The third kappa shape index (κ3) is 6.40. The zero-order chi connectivity index (χ0) is 18.3. The van der Waals surface area contributed by atoms with Gasteiger partial charge in [0.05, 0.1) is 11.9 Å². The third-order valence-electron chi connectivity index (χ3n) is 2.82. The van der Waals surface area contributed by atoms with Crippen LogP contribution in [0.1, 0.15) is 20.8 Å². The Bertz CT molecular complexity index is 606. The standard InChI is InChI=1S/C15H18FNO5S2/c1-9(18)17-12(13(19)21-4)15(2,3)24-23-14(20)22-11-7-5-10(16)6-8-11/h5-8,12H,1-4H3,(H,17,18). The maximum absolute atomic E-state index is 12.8. The van der Waals surface area contributed by atoms with Crippen LogP contribution in [0.4, 0.5) is 9.18 Å². The normalized spacial score (nSPS) is 12.2. The van der Waals surface area contributed by atoms with Crippen molar-refractivity contribution >= 4 is 38.8 Å². The zero-order valence-corrected chi connectivity index (χ0v) is 15.3. The van der Waals surface area contributed by atoms with Crippen molar-refractivity contribution in [3.8, 4) is 5.75 Å². The van der Waals surface area contributed by atoms with Crippen LogP contribution in [0.3, 0.4) is 0 Å². The second kappa shape index (κ2) is 8.93. The van der Waals surface area contributed by atoms with Crippen LogP contribution in [-0.4, -0.2) is 35.1 Å². The molecule has 132 valence electrons. The molecule has 1 aromatic rings. The number of benzene rings is 1. The molecule has 0 aromatic heterocycles. The van der Waals surface area contributed by atoms with E-state index in [2.05, 4.69) is 10.1 Å². The lowest BCUT2D eigenvalue weighted by Gasteiger charge is -2.30. The number of carbonyl (C=O) groups is 3. The minimum absolute atomic E-state index is 0.207. The summed E-state index contributed by atoms with van der Waals surface area (Å²) in [6.07, 6.45) is 0. The Balaban J connectivity index is 2.67. The van der Waals surface area contributed by atoms with Crippen LogP contribution >= 0.6 is 21.6 Å². The predicted molar refractivity (Wildman–Crippen MR) is 91.3 cm³/mol. The Labute approximate surface area is 147 Å². The molecule has 1 atom stereocenters. The lowest BCUT2D eigenvalue weighted by atomic mass is 10.0. The summed E-state index contributed by atoms with van der Waals surface area (Å²) in [7, 11) is 3.04. The second-order valence-corrected chi connectivity index (χ2v) is 7.95. The molecule has 1 rings (SSSR count). The van der Waals surface area contributed by atoms with Crippen molar-refractivity contribution in [1.82, 2.24) is 5.32 Å². The fourth-order valence-corrected chi connectivity index (χ4v) is 3.55. The summed E-state index contributed by atoms with van der Waals surface area (Å²) in [6, 6.07) is 4.08. The molecule has 1 aromatic carbocycles. The van der Waals surface area contributed by atoms with Crippen LogP contribution in [0.2, 0.25) is 0 Å². The highest BCUT2D eigenvalue weighted by Crippen LogP contribution is 2.39. The highest BCUT2D eigenvalue weighted by molar-refractivity contribution is 8.82. The average molecular weight is 375 g/mol. The summed E-state index contributed by atoms with van der Waals surface area (Å²) in [5.41, 5.74) is 0. The second-order valence-electron chi connectivity index (χ2n) is 5.23. The number of methoxy groups -OCH3 is 1. The number of halogens is 1. The number of esters is 1. The molecule has 0 bridgehead atoms. The minimum Gasteiger partial charge on any atom is -0.467 e. The van der Waals surface area contributed by atoms with Crippen LogP contribution in [0.25, 0.3) is 0 Å². The van der Waals surface area contributed by atoms with Crippen LogP contribution < -0.4 is 10.1 Å². The molecule has 0 spiro atoms. The summed E-state index contributed by atoms with van der Waals surface area (Å²) in [6.45, 7) is 4.66. The maximum atomic E-state index is 12.8. The quantitative estimate of drug-likeness (QED) is 0.604. The summed E-state index contributed by atoms with van der Waals surface area (Å²) in [5.74, 6) is -1.24. The zero-order valence-electron chi connectivity index (χ0n) is 13.6. The van der Waals surface area contributed by atoms with Gasteiger partial charge in [-0.15, -0.1) is 0 Å². The molecule has 0 saturated heterocycles. The first-order valence-electron chi connectivity index (χ1n) is 6.83. The molecule has 0 aliphatic carbocycles. The molecule has 0 saturated carbocycles. The van der Waals surface area contributed by atoms with Gasteiger partial charge < -0.3 is 14.8 Å². The van der Waals surface area contributed by atoms with E-state index in [0.29, 0.717) is 0 Å². The molecular weight excluding hydrogens is 357 g/mol. The van der Waals surface area contributed by atoms with E-state index in [1.54, 1.807) is 13.8 Å². The van der Waals surface area contributed by atoms with E-state index in [9.17, 15) is 18.8 Å². The monoisotopic (exact) mass is 375 g/mol. The first-order chi connectivity index (χ1) is 11.2. The van der Waals surface area contributed by atoms with E-state index >= 15 is 0 Å². The minimum atomic E-state index is -0.934. The molecular formula is C15H18FNO5S2. The SMILES string of the molecule is COC(=O)C(NC(C)=O)C(C)(C)SSC(=O)Oc1ccc(F)cc1. The summed E-state index contributed by atoms with van der Waals surface area (Å²) in [5, 5.41) is 1.88. The lowest BCUT2D eigenvalue weighted by molar-refractivity contribution is -0.145. The molecule has 1 N–H and O–H groups in total. The summed E-state index contributed by atoms with van der Waals surface area (Å²) in [4.78, 5) is 35.0. The molecule has 9 heteroatoms. The van der Waals surface area contributed by atoms with Gasteiger partial charge in [-0.25, -0.2) is 14.0 Å². The summed E-state index contributed by atoms with van der Waals surface area (Å²) < 4.78 is 21.7. The van der Waals surface area contributed by atoms with Gasteiger partial charge in [0.1, 0.15) is 17.6 Å². The number of hydrogen-bond donors (Lipinski definition) is 1. The molecule has 0 fully saturated rings. The number of ether oxygens (including phenoxy) is 2. The van der Waals surface area contributed by atoms with Crippen LogP contribution in [0.15, 0.2) is 24.3 Å². The Hall–Kier alpha value is -1.74. The Morgan fingerprint density at radius 1 is 1.21 bits per heavy atom. The van der Waals surface area contributed by atoms with Gasteiger partial charge in [-0.3, -0.25) is 4.79 Å². The van der Waals surface area contributed by atoms with E-state index in [1.807, 2.05) is 0 Å². The molecule has 0 aliphatic heterocycles. The van der Waals surface area contributed by atoms with Gasteiger partial charge in [-0.05, 0) is 38.1 Å². The molecule has 0 heterocycles. The lowest BCUT2D eigenvalue weighted by Crippen LogP contribution is -2.52. The van der Waals surface area contributed by atoms with E-state index < -0.39 is 33.8 Å². The van der Waals surface area contributed by atoms with E-state index in [4.69, 9.17) is 4.74 Å². The van der Waals surface area contributed by atoms with Crippen molar-refractivity contribution in [2.24, 2.45) is 0 Å². The Morgan fingerprint density at radius 2 is 1.79 bits per heavy atom. The van der Waals surface area contributed by atoms with Gasteiger partial charge in [0.15, 0.2) is 0 Å². The van der Waals surface area contributed by atoms with Gasteiger partial charge in [0.25, 0.3) is 0 Å². The fraction of sp³-hybridized carbons (Fsp3) is 0.400. The number of nitrogens with one attached hydrogen (secondary N) is 1. The largest absolute Gasteiger partial charge is 0.467 e. The van der Waals surface area contributed by atoms with Gasteiger partial charge in [-0.2, -0.15) is 0 Å². The number of rotatable bonds is 6. The number of hydrogen-bond acceptors (Lipinski definition) is 7. The highest BCUT2D eigenvalue weighted by atomic mass is 33.1. The van der Waals surface area contributed by atoms with Crippen LogP contribution in [0, 0.1) is 5.82 Å². The highest BCUT2D eigenvalue weighted by Gasteiger charge is 2.38. The smallest absolute Gasteiger partial charge is 0.383 e. The molecule has 0 radical (unpaired) electrons. The van der Waals surface area contributed by atoms with E-state index in [0.717, 1.165) is 21.6 Å². The topological polar surface area (TPSA) is 81.7 Å². The first kappa shape index (κ1) is 20.3. The van der Waals surface area contributed by atoms with Crippen molar-refractivity contribution in [3.05, 3.63) is 30.1 Å². The fourth-order valence-electron chi connectivity index (χ4n) is 1.64.